The maximum Gasteiger partial charge on any atom is 0.573 e. The van der Waals surface area contributed by atoms with E-state index in [9.17, 15) is 22.4 Å². The molecule has 0 radical (unpaired) electrons. The van der Waals surface area contributed by atoms with Gasteiger partial charge in [-0.05, 0) is 23.8 Å². The number of benzene rings is 2. The van der Waals surface area contributed by atoms with Crippen molar-refractivity contribution in [3.05, 3.63) is 59.9 Å². The highest BCUT2D eigenvalue weighted by atomic mass is 19.4. The first-order valence-corrected chi connectivity index (χ1v) is 6.32. The standard InChI is InChI=1S/C16H10F4O3/c17-15-11(6-9-14(21)22)2-1-3-13(15)10-4-7-12(8-5-10)23-16(18,19)20/h1-9H,(H,21,22)/b9-6+. The molecule has 0 spiro atoms. The lowest BCUT2D eigenvalue weighted by molar-refractivity contribution is -0.274. The average molecular weight is 326 g/mol. The highest BCUT2D eigenvalue weighted by Gasteiger charge is 2.31. The monoisotopic (exact) mass is 326 g/mol. The van der Waals surface area contributed by atoms with Crippen LogP contribution in [0.4, 0.5) is 17.6 Å². The van der Waals surface area contributed by atoms with Gasteiger partial charge in [0.25, 0.3) is 0 Å². The van der Waals surface area contributed by atoms with Crippen LogP contribution in [0.3, 0.4) is 0 Å². The predicted molar refractivity (Wildman–Crippen MR) is 75.2 cm³/mol. The number of aliphatic carboxylic acids is 1. The number of alkyl halides is 3. The summed E-state index contributed by atoms with van der Waals surface area (Å²) in [5.41, 5.74) is 0.527. The van der Waals surface area contributed by atoms with Crippen molar-refractivity contribution < 1.29 is 32.2 Å². The molecule has 0 unspecified atom stereocenters. The first-order chi connectivity index (χ1) is 10.8. The van der Waals surface area contributed by atoms with Gasteiger partial charge in [-0.2, -0.15) is 0 Å². The first-order valence-electron chi connectivity index (χ1n) is 6.32. The maximum absolute atomic E-state index is 14.3. The Morgan fingerprint density at radius 1 is 1.09 bits per heavy atom. The zero-order valence-electron chi connectivity index (χ0n) is 11.5. The van der Waals surface area contributed by atoms with Crippen LogP contribution in [0, 0.1) is 5.82 Å². The second-order valence-electron chi connectivity index (χ2n) is 4.45. The summed E-state index contributed by atoms with van der Waals surface area (Å²) in [4.78, 5) is 10.5. The second-order valence-corrected chi connectivity index (χ2v) is 4.45. The summed E-state index contributed by atoms with van der Waals surface area (Å²) in [6.45, 7) is 0. The van der Waals surface area contributed by atoms with Crippen LogP contribution in [-0.4, -0.2) is 17.4 Å². The SMILES string of the molecule is O=C(O)/C=C/c1cccc(-c2ccc(OC(F)(F)F)cc2)c1F. The predicted octanol–water partition coefficient (Wildman–Crippen LogP) is 4.49. The molecule has 0 bridgehead atoms. The molecule has 0 fully saturated rings. The fraction of sp³-hybridized carbons (Fsp3) is 0.0625. The zero-order valence-corrected chi connectivity index (χ0v) is 11.5. The van der Waals surface area contributed by atoms with E-state index in [1.165, 1.54) is 30.3 Å². The van der Waals surface area contributed by atoms with Gasteiger partial charge in [-0.1, -0.05) is 30.3 Å². The molecule has 0 aliphatic rings. The van der Waals surface area contributed by atoms with Crippen LogP contribution in [0.1, 0.15) is 5.56 Å². The Hall–Kier alpha value is -2.83. The number of rotatable bonds is 4. The Kier molecular flexibility index (Phi) is 4.68. The minimum atomic E-state index is -4.80. The zero-order chi connectivity index (χ0) is 17.0. The van der Waals surface area contributed by atoms with E-state index in [-0.39, 0.29) is 11.1 Å². The van der Waals surface area contributed by atoms with E-state index in [4.69, 9.17) is 5.11 Å². The highest BCUT2D eigenvalue weighted by Crippen LogP contribution is 2.29. The summed E-state index contributed by atoms with van der Waals surface area (Å²) in [6.07, 6.45) is -2.90. The Bertz CT molecular complexity index is 734. The minimum absolute atomic E-state index is 0.0560. The number of ether oxygens (including phenoxy) is 1. The molecule has 0 saturated carbocycles. The Labute approximate surface area is 128 Å². The molecule has 2 aromatic carbocycles. The summed E-state index contributed by atoms with van der Waals surface area (Å²) in [7, 11) is 0. The van der Waals surface area contributed by atoms with Gasteiger partial charge in [-0.3, -0.25) is 0 Å². The van der Waals surface area contributed by atoms with Crippen LogP contribution in [-0.2, 0) is 4.79 Å². The van der Waals surface area contributed by atoms with Crippen molar-refractivity contribution >= 4 is 12.0 Å². The number of halogens is 4. The molecule has 0 aromatic heterocycles. The van der Waals surface area contributed by atoms with Gasteiger partial charge in [-0.25, -0.2) is 9.18 Å². The molecule has 0 aliphatic carbocycles. The van der Waals surface area contributed by atoms with Crippen molar-refractivity contribution in [1.29, 1.82) is 0 Å². The van der Waals surface area contributed by atoms with Gasteiger partial charge >= 0.3 is 12.3 Å². The summed E-state index contributed by atoms with van der Waals surface area (Å²) in [6, 6.07) is 9.05. The second kappa shape index (κ2) is 6.51. The molecule has 2 aromatic rings. The number of carboxylic acid groups (broad SMARTS) is 1. The smallest absolute Gasteiger partial charge is 0.478 e. The molecule has 0 saturated heterocycles. The third kappa shape index (κ3) is 4.57. The largest absolute Gasteiger partial charge is 0.573 e. The molecule has 0 heterocycles. The first kappa shape index (κ1) is 16.5. The topological polar surface area (TPSA) is 46.5 Å². The van der Waals surface area contributed by atoms with Gasteiger partial charge in [0.1, 0.15) is 11.6 Å². The lowest BCUT2D eigenvalue weighted by Crippen LogP contribution is -2.16. The summed E-state index contributed by atoms with van der Waals surface area (Å²) in [5, 5.41) is 8.56. The lowest BCUT2D eigenvalue weighted by Gasteiger charge is -2.10. The van der Waals surface area contributed by atoms with Gasteiger partial charge in [0, 0.05) is 17.2 Å². The lowest BCUT2D eigenvalue weighted by atomic mass is 10.0. The molecular weight excluding hydrogens is 316 g/mol. The summed E-state index contributed by atoms with van der Waals surface area (Å²) < 4.78 is 54.3. The van der Waals surface area contributed by atoms with Gasteiger partial charge in [0.15, 0.2) is 0 Å². The third-order valence-corrected chi connectivity index (χ3v) is 2.83. The van der Waals surface area contributed by atoms with E-state index in [0.717, 1.165) is 24.3 Å². The van der Waals surface area contributed by atoms with E-state index < -0.39 is 23.9 Å². The number of hydrogen-bond donors (Lipinski definition) is 1. The Balaban J connectivity index is 2.32. The Morgan fingerprint density at radius 2 is 1.74 bits per heavy atom. The normalized spacial score (nSPS) is 11.7. The van der Waals surface area contributed by atoms with Crippen LogP contribution in [0.5, 0.6) is 5.75 Å². The number of hydrogen-bond acceptors (Lipinski definition) is 2. The molecule has 0 amide bonds. The molecule has 1 N–H and O–H groups in total. The quantitative estimate of drug-likeness (QED) is 0.665. The fourth-order valence-corrected chi connectivity index (χ4v) is 1.90. The molecule has 2 rings (SSSR count). The average Bonchev–Trinajstić information content (AvgIpc) is 2.45. The summed E-state index contributed by atoms with van der Waals surface area (Å²) >= 11 is 0. The highest BCUT2D eigenvalue weighted by molar-refractivity contribution is 5.85. The van der Waals surface area contributed by atoms with Crippen LogP contribution < -0.4 is 4.74 Å². The van der Waals surface area contributed by atoms with Gasteiger partial charge in [-0.15, -0.1) is 13.2 Å². The fourth-order valence-electron chi connectivity index (χ4n) is 1.90. The van der Waals surface area contributed by atoms with Crippen LogP contribution >= 0.6 is 0 Å². The maximum atomic E-state index is 14.3. The van der Waals surface area contributed by atoms with Crippen molar-refractivity contribution in [3.63, 3.8) is 0 Å². The molecule has 0 atom stereocenters. The minimum Gasteiger partial charge on any atom is -0.478 e. The van der Waals surface area contributed by atoms with Crippen LogP contribution in [0.25, 0.3) is 17.2 Å². The van der Waals surface area contributed by atoms with Crippen LogP contribution in [0.2, 0.25) is 0 Å². The van der Waals surface area contributed by atoms with Gasteiger partial charge < -0.3 is 9.84 Å². The van der Waals surface area contributed by atoms with E-state index >= 15 is 0 Å². The van der Waals surface area contributed by atoms with Crippen molar-refractivity contribution in [2.75, 3.05) is 0 Å². The number of carboxylic acids is 1. The van der Waals surface area contributed by atoms with Crippen LogP contribution in [0.15, 0.2) is 48.5 Å². The van der Waals surface area contributed by atoms with E-state index in [0.29, 0.717) is 5.56 Å². The van der Waals surface area contributed by atoms with Gasteiger partial charge in [0.2, 0.25) is 0 Å². The third-order valence-electron chi connectivity index (χ3n) is 2.83. The molecule has 120 valence electrons. The molecule has 23 heavy (non-hydrogen) atoms. The molecule has 0 aliphatic heterocycles. The van der Waals surface area contributed by atoms with E-state index in [2.05, 4.69) is 4.74 Å². The van der Waals surface area contributed by atoms with E-state index in [1.54, 1.807) is 0 Å². The number of carbonyl (C=O) groups is 1. The van der Waals surface area contributed by atoms with Crippen molar-refractivity contribution in [2.45, 2.75) is 6.36 Å². The van der Waals surface area contributed by atoms with Crippen molar-refractivity contribution in [1.82, 2.24) is 0 Å². The Morgan fingerprint density at radius 3 is 2.30 bits per heavy atom. The molecule has 3 nitrogen and oxygen atoms in total. The van der Waals surface area contributed by atoms with Gasteiger partial charge in [0.05, 0.1) is 0 Å². The molecule has 7 heteroatoms. The molecular formula is C16H10F4O3. The van der Waals surface area contributed by atoms with E-state index in [1.807, 2.05) is 0 Å². The van der Waals surface area contributed by atoms with Crippen molar-refractivity contribution in [2.24, 2.45) is 0 Å². The summed E-state index contributed by atoms with van der Waals surface area (Å²) in [5.74, 6) is -2.30. The van der Waals surface area contributed by atoms with Crippen molar-refractivity contribution in [3.8, 4) is 16.9 Å².